The van der Waals surface area contributed by atoms with Crippen molar-refractivity contribution in [2.24, 2.45) is 0 Å². The number of hydrogen-bond acceptors (Lipinski definition) is 4. The molecule has 3 aromatic carbocycles. The average Bonchev–Trinajstić information content (AvgIpc) is 3.15. The first-order chi connectivity index (χ1) is 16.8. The second-order valence-corrected chi connectivity index (χ2v) is 8.48. The Morgan fingerprint density at radius 2 is 1.63 bits per heavy atom. The molecular weight excluding hydrogens is 475 g/mol. The molecule has 0 bridgehead atoms. The monoisotopic (exact) mass is 496 g/mol. The van der Waals surface area contributed by atoms with Gasteiger partial charge in [-0.05, 0) is 46.9 Å². The van der Waals surface area contributed by atoms with Crippen LogP contribution in [0.2, 0.25) is 5.02 Å². The zero-order valence-corrected chi connectivity index (χ0v) is 19.2. The van der Waals surface area contributed by atoms with Crippen LogP contribution in [-0.2, 0) is 14.3 Å². The molecule has 0 fully saturated rings. The normalized spacial score (nSPS) is 12.9. The number of alkyl carbamates (subject to hydrolysis) is 1. The molecule has 1 unspecified atom stereocenters. The lowest BCUT2D eigenvalue weighted by molar-refractivity contribution is -0.137. The summed E-state index contributed by atoms with van der Waals surface area (Å²) in [6.07, 6.45) is -1.40. The maximum Gasteiger partial charge on any atom is 0.407 e. The SMILES string of the molecule is O=C(O)CCC(NC(=O)OCC1c2ccccc2-c2ccccc21)C(=O)Nc1ccc(F)cc1Cl. The number of fused-ring (bicyclic) bond motifs is 3. The summed E-state index contributed by atoms with van der Waals surface area (Å²) in [6, 6.07) is 18.0. The Morgan fingerprint density at radius 3 is 2.23 bits per heavy atom. The predicted octanol–water partition coefficient (Wildman–Crippen LogP) is 5.19. The minimum absolute atomic E-state index is 0.0310. The predicted molar refractivity (Wildman–Crippen MR) is 129 cm³/mol. The fourth-order valence-electron chi connectivity index (χ4n) is 4.13. The highest BCUT2D eigenvalue weighted by Crippen LogP contribution is 2.44. The molecule has 4 rings (SSSR count). The van der Waals surface area contributed by atoms with Gasteiger partial charge < -0.3 is 20.5 Å². The van der Waals surface area contributed by atoms with Gasteiger partial charge >= 0.3 is 12.1 Å². The van der Waals surface area contributed by atoms with Gasteiger partial charge in [-0.3, -0.25) is 9.59 Å². The summed E-state index contributed by atoms with van der Waals surface area (Å²) in [5.74, 6) is -2.57. The molecule has 2 amide bonds. The summed E-state index contributed by atoms with van der Waals surface area (Å²) >= 11 is 5.96. The molecule has 0 saturated heterocycles. The van der Waals surface area contributed by atoms with E-state index in [9.17, 15) is 18.8 Å². The van der Waals surface area contributed by atoms with Crippen molar-refractivity contribution < 1.29 is 28.6 Å². The van der Waals surface area contributed by atoms with Crippen LogP contribution in [-0.4, -0.2) is 35.7 Å². The van der Waals surface area contributed by atoms with Gasteiger partial charge in [0.2, 0.25) is 5.91 Å². The third kappa shape index (κ3) is 5.60. The van der Waals surface area contributed by atoms with E-state index in [1.807, 2.05) is 48.5 Å². The number of anilines is 1. The number of carbonyl (C=O) groups excluding carboxylic acids is 2. The molecule has 180 valence electrons. The maximum absolute atomic E-state index is 13.3. The number of carbonyl (C=O) groups is 3. The molecule has 0 spiro atoms. The molecule has 1 aliphatic carbocycles. The summed E-state index contributed by atoms with van der Waals surface area (Å²) in [7, 11) is 0. The number of ether oxygens (including phenoxy) is 1. The van der Waals surface area contributed by atoms with Crippen LogP contribution in [0, 0.1) is 5.82 Å². The van der Waals surface area contributed by atoms with Crippen molar-refractivity contribution in [3.8, 4) is 11.1 Å². The molecule has 0 aromatic heterocycles. The van der Waals surface area contributed by atoms with Gasteiger partial charge in [0.1, 0.15) is 18.5 Å². The summed E-state index contributed by atoms with van der Waals surface area (Å²) in [5, 5.41) is 13.9. The number of halogens is 2. The van der Waals surface area contributed by atoms with E-state index in [2.05, 4.69) is 10.6 Å². The van der Waals surface area contributed by atoms with Gasteiger partial charge in [-0.2, -0.15) is 0 Å². The number of nitrogens with one attached hydrogen (secondary N) is 2. The van der Waals surface area contributed by atoms with Gasteiger partial charge in [0.25, 0.3) is 0 Å². The Bertz CT molecular complexity index is 1240. The first kappa shape index (κ1) is 24.2. The Morgan fingerprint density at radius 1 is 1.00 bits per heavy atom. The lowest BCUT2D eigenvalue weighted by Gasteiger charge is -2.19. The fourth-order valence-corrected chi connectivity index (χ4v) is 4.34. The van der Waals surface area contributed by atoms with E-state index in [1.165, 1.54) is 6.07 Å². The van der Waals surface area contributed by atoms with Gasteiger partial charge in [-0.15, -0.1) is 0 Å². The Hall–Kier alpha value is -3.91. The van der Waals surface area contributed by atoms with Crippen molar-refractivity contribution in [1.29, 1.82) is 0 Å². The van der Waals surface area contributed by atoms with Crippen LogP contribution in [0.4, 0.5) is 14.9 Å². The Balaban J connectivity index is 1.43. The lowest BCUT2D eigenvalue weighted by atomic mass is 9.98. The summed E-state index contributed by atoms with van der Waals surface area (Å²) < 4.78 is 18.8. The van der Waals surface area contributed by atoms with E-state index in [-0.39, 0.29) is 36.1 Å². The molecule has 3 aromatic rings. The number of hydrogen-bond donors (Lipinski definition) is 3. The molecule has 0 aliphatic heterocycles. The fraction of sp³-hybridized carbons (Fsp3) is 0.192. The Labute approximate surface area is 205 Å². The molecule has 3 N–H and O–H groups in total. The van der Waals surface area contributed by atoms with E-state index in [4.69, 9.17) is 21.4 Å². The van der Waals surface area contributed by atoms with Crippen LogP contribution in [0.5, 0.6) is 0 Å². The van der Waals surface area contributed by atoms with Crippen LogP contribution in [0.25, 0.3) is 11.1 Å². The van der Waals surface area contributed by atoms with Crippen LogP contribution in [0.1, 0.15) is 29.9 Å². The topological polar surface area (TPSA) is 105 Å². The van der Waals surface area contributed by atoms with E-state index >= 15 is 0 Å². The zero-order valence-electron chi connectivity index (χ0n) is 18.5. The van der Waals surface area contributed by atoms with Gasteiger partial charge in [-0.25, -0.2) is 9.18 Å². The number of benzene rings is 3. The van der Waals surface area contributed by atoms with Crippen molar-refractivity contribution in [2.45, 2.75) is 24.8 Å². The zero-order chi connectivity index (χ0) is 24.9. The van der Waals surface area contributed by atoms with Gasteiger partial charge in [0.05, 0.1) is 10.7 Å². The third-order valence-electron chi connectivity index (χ3n) is 5.79. The average molecular weight is 497 g/mol. The summed E-state index contributed by atoms with van der Waals surface area (Å²) in [5.41, 5.74) is 4.35. The highest BCUT2D eigenvalue weighted by molar-refractivity contribution is 6.33. The number of amides is 2. The highest BCUT2D eigenvalue weighted by atomic mass is 35.5. The Kier molecular flexibility index (Phi) is 7.31. The largest absolute Gasteiger partial charge is 0.481 e. The first-order valence-corrected chi connectivity index (χ1v) is 11.3. The summed E-state index contributed by atoms with van der Waals surface area (Å²) in [6.45, 7) is 0.0386. The maximum atomic E-state index is 13.3. The molecule has 0 saturated carbocycles. The number of rotatable bonds is 8. The smallest absolute Gasteiger partial charge is 0.407 e. The minimum Gasteiger partial charge on any atom is -0.481 e. The van der Waals surface area contributed by atoms with E-state index in [1.54, 1.807) is 0 Å². The molecule has 9 heteroatoms. The second kappa shape index (κ2) is 10.6. The van der Waals surface area contributed by atoms with Crippen LogP contribution < -0.4 is 10.6 Å². The van der Waals surface area contributed by atoms with E-state index < -0.39 is 29.8 Å². The molecule has 7 nitrogen and oxygen atoms in total. The van der Waals surface area contributed by atoms with Crippen LogP contribution in [0.15, 0.2) is 66.7 Å². The molecule has 1 atom stereocenters. The molecule has 0 heterocycles. The van der Waals surface area contributed by atoms with E-state index in [0.717, 1.165) is 34.4 Å². The van der Waals surface area contributed by atoms with E-state index in [0.29, 0.717) is 0 Å². The van der Waals surface area contributed by atoms with Gasteiger partial charge in [0.15, 0.2) is 0 Å². The number of carboxylic acid groups (broad SMARTS) is 1. The van der Waals surface area contributed by atoms with Gasteiger partial charge in [0, 0.05) is 12.3 Å². The van der Waals surface area contributed by atoms with Crippen LogP contribution >= 0.6 is 11.6 Å². The molecule has 0 radical (unpaired) electrons. The molecule has 35 heavy (non-hydrogen) atoms. The van der Waals surface area contributed by atoms with Crippen molar-refractivity contribution in [3.05, 3.63) is 88.7 Å². The molecule has 1 aliphatic rings. The number of carboxylic acids is 1. The van der Waals surface area contributed by atoms with Crippen molar-refractivity contribution in [2.75, 3.05) is 11.9 Å². The van der Waals surface area contributed by atoms with Crippen LogP contribution in [0.3, 0.4) is 0 Å². The third-order valence-corrected chi connectivity index (χ3v) is 6.10. The van der Waals surface area contributed by atoms with Crippen molar-refractivity contribution in [1.82, 2.24) is 5.32 Å². The summed E-state index contributed by atoms with van der Waals surface area (Å²) in [4.78, 5) is 36.4. The quantitative estimate of drug-likeness (QED) is 0.398. The highest BCUT2D eigenvalue weighted by Gasteiger charge is 2.30. The lowest BCUT2D eigenvalue weighted by Crippen LogP contribution is -2.44. The first-order valence-electron chi connectivity index (χ1n) is 10.9. The van der Waals surface area contributed by atoms with Crippen molar-refractivity contribution >= 4 is 35.3 Å². The standard InChI is InChI=1S/C26H22ClFN2O5/c27-21-13-15(28)9-10-22(21)29-25(33)23(11-12-24(31)32)30-26(34)35-14-20-18-7-3-1-5-16(18)17-6-2-4-8-19(17)20/h1-10,13,20,23H,11-12,14H2,(H,29,33)(H,30,34)(H,31,32). The van der Waals surface area contributed by atoms with Crippen molar-refractivity contribution in [3.63, 3.8) is 0 Å². The second-order valence-electron chi connectivity index (χ2n) is 8.07. The molecular formula is C26H22ClFN2O5. The number of aliphatic carboxylic acids is 1. The van der Waals surface area contributed by atoms with Gasteiger partial charge in [-0.1, -0.05) is 60.1 Å². The minimum atomic E-state index is -1.21.